The molecule has 2 aliphatic heterocycles. The van der Waals surface area contributed by atoms with Gasteiger partial charge >= 0.3 is 59.1 Å². The molecule has 0 amide bonds. The molecule has 1 aliphatic carbocycles. The van der Waals surface area contributed by atoms with Crippen molar-refractivity contribution >= 4 is 60.4 Å². The van der Waals surface area contributed by atoms with Gasteiger partial charge in [-0.25, -0.2) is 16.8 Å². The third kappa shape index (κ3) is 13.0. The Kier molecular flexibility index (Phi) is 19.1. The molecule has 0 atom stereocenters. The maximum absolute atomic E-state index is 11.4. The molecule has 2 heterocycles. The van der Waals surface area contributed by atoms with Crippen molar-refractivity contribution in [3.63, 3.8) is 0 Å². The number of hydrogen-bond donors (Lipinski definition) is 0. The number of methoxy groups -OCH3 is 2. The van der Waals surface area contributed by atoms with E-state index in [1.54, 1.807) is 14.2 Å². The number of unbranched alkanes of at least 4 members (excludes halogenated alkanes) is 2. The van der Waals surface area contributed by atoms with Gasteiger partial charge in [0.2, 0.25) is 5.69 Å². The van der Waals surface area contributed by atoms with Crippen LogP contribution in [0.3, 0.4) is 0 Å². The molecule has 0 saturated heterocycles. The summed E-state index contributed by atoms with van der Waals surface area (Å²) in [7, 11) is -5.38. The molecule has 6 rings (SSSR count). The molecular weight excluding hydrogens is 893 g/mol. The number of aliphatic imine (C=N–C) groups is 1. The van der Waals surface area contributed by atoms with Gasteiger partial charge in [-0.1, -0.05) is 19.9 Å². The average molecular weight is 947 g/mol. The first kappa shape index (κ1) is 53.7. The van der Waals surface area contributed by atoms with Gasteiger partial charge in [0.1, 0.15) is 29.6 Å². The van der Waals surface area contributed by atoms with Crippen molar-refractivity contribution in [2.24, 2.45) is 4.99 Å². The zero-order valence-corrected chi connectivity index (χ0v) is 44.6. The van der Waals surface area contributed by atoms with Gasteiger partial charge in [-0.05, 0) is 148 Å². The number of fused-ring (bicyclic) bond motifs is 2. The minimum Gasteiger partial charge on any atom is -0.748 e. The molecule has 330 valence electrons. The molecule has 0 bridgehead atoms. The standard InChI is InChI=1S/C47H55N3O9S3.2Na/c1-46(2)39-30-37(57-5)20-22-41(39)49(26-7-9-28-61(51,52)53)43(46)24-14-33-12-11-13-34(45(33)59-36-18-16-35(17-19-36)48-32-60)15-25-44-47(3,4)40-31-38(58-6)21-23-42(40)50(44)27-8-10-29-62(54,55)56;;/h14-25,30-31H,7-13,26-29H2,1-6H3,(H-,51,52,53,54,55,56);;/q;2*+1/p-1. The molecule has 0 spiro atoms. The summed E-state index contributed by atoms with van der Waals surface area (Å²) < 4.78 is 88.8. The van der Waals surface area contributed by atoms with Crippen LogP contribution in [-0.2, 0) is 31.1 Å². The monoisotopic (exact) mass is 946 g/mol. The molecule has 17 heteroatoms. The number of benzene rings is 3. The largest absolute Gasteiger partial charge is 1.00 e. The molecule has 3 aliphatic rings. The molecule has 12 nitrogen and oxygen atoms in total. The van der Waals surface area contributed by atoms with Crippen LogP contribution < -0.4 is 78.2 Å². The SMILES string of the molecule is COc1ccc2c(c1)C(C)(C)C(=CC=C1CCCC(C=CC3=[N+](CCCCS(=O)(=O)[O-])c4ccc(OC)cc4C3(C)C)=C1Oc1ccc(N=C=S)cc1)N2CCCCS(=O)(=O)[O-].[Na+].[Na+]. The van der Waals surface area contributed by atoms with Crippen LogP contribution in [0.15, 0.2) is 113 Å². The van der Waals surface area contributed by atoms with Crippen LogP contribution >= 0.6 is 12.2 Å². The van der Waals surface area contributed by atoms with Crippen molar-refractivity contribution in [3.05, 3.63) is 119 Å². The third-order valence-electron chi connectivity index (χ3n) is 11.8. The van der Waals surface area contributed by atoms with E-state index in [0.29, 0.717) is 37.4 Å². The Labute approximate surface area is 428 Å². The second-order valence-corrected chi connectivity index (χ2v) is 20.0. The van der Waals surface area contributed by atoms with Gasteiger partial charge in [0.15, 0.2) is 5.71 Å². The summed E-state index contributed by atoms with van der Waals surface area (Å²) >= 11 is 4.81. The van der Waals surface area contributed by atoms with Crippen LogP contribution in [-0.4, -0.2) is 80.2 Å². The first-order valence-corrected chi connectivity index (χ1v) is 24.3. The minimum absolute atomic E-state index is 0. The van der Waals surface area contributed by atoms with E-state index in [1.165, 1.54) is 0 Å². The van der Waals surface area contributed by atoms with Crippen LogP contribution in [0.25, 0.3) is 0 Å². The summed E-state index contributed by atoms with van der Waals surface area (Å²) in [5.74, 6) is 1.98. The number of anilines is 1. The summed E-state index contributed by atoms with van der Waals surface area (Å²) in [6.45, 7) is 9.66. The molecule has 0 unspecified atom stereocenters. The second kappa shape index (κ2) is 22.7. The predicted octanol–water partition coefficient (Wildman–Crippen LogP) is 3.15. The topological polar surface area (TPSA) is 161 Å². The smallest absolute Gasteiger partial charge is 0.748 e. The number of allylic oxidation sites excluding steroid dienone is 7. The van der Waals surface area contributed by atoms with Crippen molar-refractivity contribution in [1.29, 1.82) is 0 Å². The Morgan fingerprint density at radius 1 is 0.781 bits per heavy atom. The van der Waals surface area contributed by atoms with Crippen LogP contribution in [0, 0.1) is 0 Å². The normalized spacial score (nSPS) is 17.8. The molecule has 0 aromatic heterocycles. The predicted molar refractivity (Wildman–Crippen MR) is 245 cm³/mol. The van der Waals surface area contributed by atoms with E-state index in [-0.39, 0.29) is 72.0 Å². The van der Waals surface area contributed by atoms with Crippen LogP contribution in [0.4, 0.5) is 17.1 Å². The molecule has 64 heavy (non-hydrogen) atoms. The quantitative estimate of drug-likeness (QED) is 0.0461. The molecule has 0 radical (unpaired) electrons. The Hall–Kier alpha value is -2.89. The second-order valence-electron chi connectivity index (χ2n) is 16.7. The van der Waals surface area contributed by atoms with E-state index in [1.807, 2.05) is 60.7 Å². The summed E-state index contributed by atoms with van der Waals surface area (Å²) in [5, 5.41) is 2.41. The summed E-state index contributed by atoms with van der Waals surface area (Å²) in [5.41, 5.74) is 7.91. The van der Waals surface area contributed by atoms with Crippen molar-refractivity contribution < 1.29 is 104 Å². The van der Waals surface area contributed by atoms with E-state index in [4.69, 9.17) is 26.4 Å². The van der Waals surface area contributed by atoms with E-state index in [2.05, 4.69) is 71.6 Å². The average Bonchev–Trinajstić information content (AvgIpc) is 3.56. The minimum atomic E-state index is -4.33. The van der Waals surface area contributed by atoms with E-state index in [9.17, 15) is 25.9 Å². The Morgan fingerprint density at radius 2 is 1.39 bits per heavy atom. The van der Waals surface area contributed by atoms with Crippen LogP contribution in [0.2, 0.25) is 0 Å². The third-order valence-corrected chi connectivity index (χ3v) is 13.5. The molecule has 0 saturated carbocycles. The maximum Gasteiger partial charge on any atom is 1.00 e. The van der Waals surface area contributed by atoms with Crippen molar-refractivity contribution in [2.45, 2.75) is 83.5 Å². The van der Waals surface area contributed by atoms with Gasteiger partial charge in [0.05, 0.1) is 50.7 Å². The first-order chi connectivity index (χ1) is 29.4. The number of rotatable bonds is 18. The van der Waals surface area contributed by atoms with Gasteiger partial charge in [-0.2, -0.15) is 9.57 Å². The van der Waals surface area contributed by atoms with Crippen LogP contribution in [0.5, 0.6) is 17.2 Å². The molecule has 0 N–H and O–H groups in total. The zero-order chi connectivity index (χ0) is 44.9. The number of isothiocyanates is 1. The Balaban J connectivity index is 0.00000449. The number of nitrogens with zero attached hydrogens (tertiary/aromatic N) is 3. The van der Waals surface area contributed by atoms with Gasteiger partial charge in [0, 0.05) is 59.0 Å². The van der Waals surface area contributed by atoms with Crippen molar-refractivity contribution in [1.82, 2.24) is 0 Å². The molecule has 0 fully saturated rings. The first-order valence-electron chi connectivity index (χ1n) is 20.7. The fourth-order valence-corrected chi connectivity index (χ4v) is 9.83. The van der Waals surface area contributed by atoms with Gasteiger partial charge < -0.3 is 28.2 Å². The Morgan fingerprint density at radius 3 is 2.02 bits per heavy atom. The number of hydrogen-bond acceptors (Lipinski definition) is 12. The van der Waals surface area contributed by atoms with Crippen molar-refractivity contribution in [2.75, 3.05) is 43.7 Å². The van der Waals surface area contributed by atoms with E-state index >= 15 is 0 Å². The molecular formula is C47H54N3Na2O9S3+. The van der Waals surface area contributed by atoms with Crippen molar-refractivity contribution in [3.8, 4) is 17.2 Å². The van der Waals surface area contributed by atoms with Crippen LogP contribution in [0.1, 0.15) is 83.8 Å². The van der Waals surface area contributed by atoms with Gasteiger partial charge in [0.25, 0.3) is 0 Å². The number of ether oxygens (including phenoxy) is 3. The number of thiocarbonyl (C=S) groups is 1. The van der Waals surface area contributed by atoms with Gasteiger partial charge in [-0.3, -0.25) is 0 Å². The molecule has 3 aromatic carbocycles. The van der Waals surface area contributed by atoms with E-state index in [0.717, 1.165) is 81.6 Å². The zero-order valence-electron chi connectivity index (χ0n) is 38.1. The van der Waals surface area contributed by atoms with Gasteiger partial charge in [-0.15, -0.1) is 0 Å². The fraction of sp³-hybridized carbons (Fsp3) is 0.404. The summed E-state index contributed by atoms with van der Waals surface area (Å²) in [4.78, 5) is 6.30. The van der Waals surface area contributed by atoms with E-state index < -0.39 is 42.6 Å². The summed E-state index contributed by atoms with van der Waals surface area (Å²) in [6, 6.07) is 19.3. The maximum atomic E-state index is 11.4. The molecule has 3 aromatic rings. The summed E-state index contributed by atoms with van der Waals surface area (Å²) in [6.07, 6.45) is 12.4. The fourth-order valence-electron chi connectivity index (χ4n) is 8.61. The Bertz CT molecular complexity index is 2630.